The first-order chi connectivity index (χ1) is 22.8. The Morgan fingerprint density at radius 2 is 1.83 bits per heavy atom. The van der Waals surface area contributed by atoms with E-state index in [-0.39, 0.29) is 36.5 Å². The molecular formula is C37H39F2N5O3. The maximum atomic E-state index is 16.1. The first-order valence-electron chi connectivity index (χ1n) is 16.3. The van der Waals surface area contributed by atoms with Gasteiger partial charge in [0.15, 0.2) is 0 Å². The zero-order valence-corrected chi connectivity index (χ0v) is 27.1. The van der Waals surface area contributed by atoms with E-state index in [2.05, 4.69) is 36.7 Å². The third-order valence-corrected chi connectivity index (χ3v) is 9.72. The van der Waals surface area contributed by atoms with Crippen molar-refractivity contribution in [2.45, 2.75) is 51.7 Å². The van der Waals surface area contributed by atoms with E-state index >= 15 is 4.39 Å². The summed E-state index contributed by atoms with van der Waals surface area (Å²) in [7, 11) is 3.68. The van der Waals surface area contributed by atoms with Crippen LogP contribution < -0.4 is 4.74 Å². The van der Waals surface area contributed by atoms with Crippen molar-refractivity contribution in [3.63, 3.8) is 0 Å². The van der Waals surface area contributed by atoms with Gasteiger partial charge in [-0.1, -0.05) is 18.7 Å². The van der Waals surface area contributed by atoms with E-state index in [0.29, 0.717) is 36.5 Å². The minimum atomic E-state index is -0.723. The topological polar surface area (TPSA) is 72.7 Å². The van der Waals surface area contributed by atoms with Crippen LogP contribution in [0.4, 0.5) is 8.78 Å². The number of likely N-dealkylation sites (N-methyl/N-ethyl adjacent to an activating group) is 1. The molecule has 0 bridgehead atoms. The van der Waals surface area contributed by atoms with Gasteiger partial charge in [0.05, 0.1) is 41.8 Å². The van der Waals surface area contributed by atoms with Gasteiger partial charge in [0.2, 0.25) is 5.91 Å². The standard InChI is InChI=1S/C37H39F2N5O3/c1-5-33(45)43-13-14-44-31(22(43)2)20-30(41-44)37-34(35-29(39)18-26(38)19-32(35)47-16-15-46-4)27-7-6-8-28(27)36(40-37)24-10-9-23-11-12-42(3)21-25(23)17-24/h5,9-10,17-20,22H,1,6-8,11-16,21H2,2-4H3/t22-/m1/s1. The second-order valence-electron chi connectivity index (χ2n) is 12.7. The fourth-order valence-electron chi connectivity index (χ4n) is 7.38. The minimum absolute atomic E-state index is 0.0985. The molecule has 2 aromatic carbocycles. The molecule has 0 spiro atoms. The number of rotatable bonds is 8. The molecule has 1 aliphatic carbocycles. The normalized spacial score (nSPS) is 17.3. The van der Waals surface area contributed by atoms with Gasteiger partial charge >= 0.3 is 0 Å². The average molecular weight is 640 g/mol. The molecule has 0 radical (unpaired) electrons. The highest BCUT2D eigenvalue weighted by molar-refractivity contribution is 5.90. The van der Waals surface area contributed by atoms with Crippen LogP contribution in [0.1, 0.15) is 47.3 Å². The molecule has 0 saturated carbocycles. The summed E-state index contributed by atoms with van der Waals surface area (Å²) in [6.07, 6.45) is 4.71. The third-order valence-electron chi connectivity index (χ3n) is 9.72. The van der Waals surface area contributed by atoms with Crippen LogP contribution in [-0.2, 0) is 41.9 Å². The van der Waals surface area contributed by atoms with Crippen molar-refractivity contribution in [2.75, 3.05) is 40.5 Å². The molecule has 10 heteroatoms. The van der Waals surface area contributed by atoms with Crippen molar-refractivity contribution in [1.29, 1.82) is 0 Å². The van der Waals surface area contributed by atoms with E-state index < -0.39 is 11.6 Å². The van der Waals surface area contributed by atoms with Crippen molar-refractivity contribution in [2.24, 2.45) is 0 Å². The predicted molar refractivity (Wildman–Crippen MR) is 176 cm³/mol. The van der Waals surface area contributed by atoms with Crippen LogP contribution in [0.3, 0.4) is 0 Å². The zero-order valence-electron chi connectivity index (χ0n) is 27.1. The average Bonchev–Trinajstić information content (AvgIpc) is 3.72. The second kappa shape index (κ2) is 12.7. The molecule has 0 N–H and O–H groups in total. The third kappa shape index (κ3) is 5.63. The lowest BCUT2D eigenvalue weighted by atomic mass is 9.89. The van der Waals surface area contributed by atoms with Crippen molar-refractivity contribution in [1.82, 2.24) is 24.6 Å². The maximum Gasteiger partial charge on any atom is 0.246 e. The zero-order chi connectivity index (χ0) is 32.8. The Balaban J connectivity index is 1.46. The van der Waals surface area contributed by atoms with Crippen LogP contribution in [0.25, 0.3) is 33.8 Å². The number of amides is 1. The van der Waals surface area contributed by atoms with E-state index in [1.54, 1.807) is 12.0 Å². The summed E-state index contributed by atoms with van der Waals surface area (Å²) >= 11 is 0. The number of nitrogens with zero attached hydrogens (tertiary/aromatic N) is 5. The van der Waals surface area contributed by atoms with Gasteiger partial charge in [-0.25, -0.2) is 13.8 Å². The molecule has 0 saturated heterocycles. The molecule has 4 aromatic rings. The van der Waals surface area contributed by atoms with Gasteiger partial charge in [0, 0.05) is 50.0 Å². The molecule has 8 nitrogen and oxygen atoms in total. The first-order valence-corrected chi connectivity index (χ1v) is 16.3. The van der Waals surface area contributed by atoms with E-state index in [9.17, 15) is 9.18 Å². The first kappa shape index (κ1) is 31.2. The van der Waals surface area contributed by atoms with Gasteiger partial charge in [-0.15, -0.1) is 0 Å². The van der Waals surface area contributed by atoms with Crippen LogP contribution >= 0.6 is 0 Å². The molecule has 4 heterocycles. The van der Waals surface area contributed by atoms with Gasteiger partial charge in [-0.3, -0.25) is 9.48 Å². The Morgan fingerprint density at radius 1 is 1.00 bits per heavy atom. The molecule has 7 rings (SSSR count). The quantitative estimate of drug-likeness (QED) is 0.170. The van der Waals surface area contributed by atoms with Crippen LogP contribution in [0.2, 0.25) is 0 Å². The molecule has 244 valence electrons. The number of pyridine rings is 1. The number of ether oxygens (including phenoxy) is 2. The highest BCUT2D eigenvalue weighted by Crippen LogP contribution is 2.47. The van der Waals surface area contributed by atoms with E-state index in [0.717, 1.165) is 66.5 Å². The number of aromatic nitrogens is 3. The molecule has 1 amide bonds. The molecule has 2 aliphatic heterocycles. The van der Waals surface area contributed by atoms with Gasteiger partial charge < -0.3 is 19.3 Å². The fraction of sp³-hybridized carbons (Fsp3) is 0.378. The number of hydrogen-bond acceptors (Lipinski definition) is 6. The molecule has 0 fully saturated rings. The Bertz CT molecular complexity index is 1890. The lowest BCUT2D eigenvalue weighted by molar-refractivity contribution is -0.129. The molecule has 47 heavy (non-hydrogen) atoms. The second-order valence-corrected chi connectivity index (χ2v) is 12.7. The van der Waals surface area contributed by atoms with Crippen molar-refractivity contribution in [3.05, 3.63) is 88.6 Å². The van der Waals surface area contributed by atoms with Crippen molar-refractivity contribution in [3.8, 4) is 39.5 Å². The van der Waals surface area contributed by atoms with Crippen LogP contribution in [-0.4, -0.2) is 70.9 Å². The van der Waals surface area contributed by atoms with Crippen molar-refractivity contribution < 1.29 is 23.0 Å². The summed E-state index contributed by atoms with van der Waals surface area (Å²) in [5.41, 5.74) is 9.22. The largest absolute Gasteiger partial charge is 0.490 e. The summed E-state index contributed by atoms with van der Waals surface area (Å²) in [5.74, 6) is -1.49. The lowest BCUT2D eigenvalue weighted by Crippen LogP contribution is -2.40. The van der Waals surface area contributed by atoms with Gasteiger partial charge in [-0.2, -0.15) is 5.10 Å². The summed E-state index contributed by atoms with van der Waals surface area (Å²) in [6.45, 7) is 8.90. The number of fused-ring (bicyclic) bond motifs is 3. The molecule has 1 atom stereocenters. The lowest BCUT2D eigenvalue weighted by Gasteiger charge is -2.33. The predicted octanol–water partition coefficient (Wildman–Crippen LogP) is 6.15. The number of halogens is 2. The molecule has 3 aliphatic rings. The van der Waals surface area contributed by atoms with Gasteiger partial charge in [0.1, 0.15) is 29.7 Å². The Kier molecular flexibility index (Phi) is 8.40. The fourth-order valence-corrected chi connectivity index (χ4v) is 7.38. The van der Waals surface area contributed by atoms with Crippen LogP contribution in [0.15, 0.2) is 49.1 Å². The Hall–Kier alpha value is -4.41. The van der Waals surface area contributed by atoms with Gasteiger partial charge in [0.25, 0.3) is 0 Å². The van der Waals surface area contributed by atoms with E-state index in [1.165, 1.54) is 23.3 Å². The maximum absolute atomic E-state index is 16.1. The van der Waals surface area contributed by atoms with Crippen molar-refractivity contribution >= 4 is 5.91 Å². The minimum Gasteiger partial charge on any atom is -0.490 e. The Morgan fingerprint density at radius 3 is 2.64 bits per heavy atom. The number of benzene rings is 2. The Labute approximate surface area is 273 Å². The number of methoxy groups -OCH3 is 1. The highest BCUT2D eigenvalue weighted by Gasteiger charge is 2.33. The highest BCUT2D eigenvalue weighted by atomic mass is 19.1. The number of carbonyl (C=O) groups is 1. The molecule has 0 unspecified atom stereocenters. The summed E-state index contributed by atoms with van der Waals surface area (Å²) in [5, 5.41) is 5.00. The summed E-state index contributed by atoms with van der Waals surface area (Å²) < 4.78 is 43.8. The molecular weight excluding hydrogens is 600 g/mol. The van der Waals surface area contributed by atoms with Gasteiger partial charge in [-0.05, 0) is 80.1 Å². The summed E-state index contributed by atoms with van der Waals surface area (Å²) in [4.78, 5) is 22.1. The molecule has 2 aromatic heterocycles. The monoisotopic (exact) mass is 639 g/mol. The summed E-state index contributed by atoms with van der Waals surface area (Å²) in [6, 6.07) is 10.4. The van der Waals surface area contributed by atoms with Crippen LogP contribution in [0.5, 0.6) is 5.75 Å². The SMILES string of the molecule is C=CC(=O)N1CCn2nc(-c3nc(-c4ccc5c(c4)CN(C)CC5)c4c(c3-c3c(F)cc(F)cc3OCCOC)CCC4)cc2[C@H]1C. The number of hydrogen-bond donors (Lipinski definition) is 0. The smallest absolute Gasteiger partial charge is 0.246 e. The van der Waals surface area contributed by atoms with Crippen LogP contribution in [0, 0.1) is 11.6 Å². The van der Waals surface area contributed by atoms with E-state index in [1.807, 2.05) is 17.7 Å². The van der Waals surface area contributed by atoms with E-state index in [4.69, 9.17) is 19.6 Å². The number of carbonyl (C=O) groups excluding carboxylic acids is 1.